The highest BCUT2D eigenvalue weighted by Gasteiger charge is 2.40. The topological polar surface area (TPSA) is 138 Å². The quantitative estimate of drug-likeness (QED) is 0.595. The Balaban J connectivity index is 1.72. The number of benzene rings is 1. The summed E-state index contributed by atoms with van der Waals surface area (Å²) >= 11 is 6.14. The highest BCUT2D eigenvalue weighted by atomic mass is 35.5. The van der Waals surface area contributed by atoms with Gasteiger partial charge in [-0.3, -0.25) is 14.3 Å². The van der Waals surface area contributed by atoms with Crippen molar-refractivity contribution < 1.29 is 18.3 Å². The highest BCUT2D eigenvalue weighted by Crippen LogP contribution is 2.34. The number of hydrogen-bond donors (Lipinski definition) is 2. The number of halogens is 1. The molecular formula is C18H18ClN5O5S. The van der Waals surface area contributed by atoms with E-state index in [0.29, 0.717) is 21.6 Å². The molecule has 1 fully saturated rings. The molecule has 1 aliphatic heterocycles. The van der Waals surface area contributed by atoms with Gasteiger partial charge in [0.05, 0.1) is 23.7 Å². The van der Waals surface area contributed by atoms with Crippen LogP contribution in [0.25, 0.3) is 10.9 Å². The number of aliphatic carboxylic acids is 1. The number of aromatic amines is 1. The molecule has 4 rings (SSSR count). The van der Waals surface area contributed by atoms with Crippen LogP contribution in [-0.2, 0) is 21.2 Å². The molecule has 158 valence electrons. The van der Waals surface area contributed by atoms with Gasteiger partial charge in [-0.25, -0.2) is 13.5 Å². The molecule has 1 aromatic carbocycles. The van der Waals surface area contributed by atoms with Gasteiger partial charge < -0.3 is 5.11 Å². The number of nitrogens with zero attached hydrogens (tertiary/aromatic N) is 4. The number of fused-ring (bicyclic) bond motifs is 1. The first-order valence-corrected chi connectivity index (χ1v) is 10.9. The number of hydrogen-bond acceptors (Lipinski definition) is 6. The minimum atomic E-state index is -3.91. The smallest absolute Gasteiger partial charge is 0.309 e. The fourth-order valence-corrected chi connectivity index (χ4v) is 5.34. The lowest BCUT2D eigenvalue weighted by atomic mass is 10.1. The maximum absolute atomic E-state index is 12.9. The van der Waals surface area contributed by atoms with Crippen LogP contribution in [0.4, 0.5) is 0 Å². The minimum Gasteiger partial charge on any atom is -0.481 e. The molecule has 0 saturated carbocycles. The Bertz CT molecular complexity index is 1280. The standard InChI is InChI=1S/C18H18ClN5O5S/c1-10-8-23(30(28,29)17-5-4-16(25)20-21-17)9-15(10)24-14-6-11(19)2-3-12(14)13(22-24)7-18(26)27/h2-6,10,15H,7-9H2,1H3,(H,20,25)(H,26,27)/t10-,15+/m1/s1. The summed E-state index contributed by atoms with van der Waals surface area (Å²) in [6.45, 7) is 2.25. The zero-order valence-electron chi connectivity index (χ0n) is 15.8. The van der Waals surface area contributed by atoms with Gasteiger partial charge in [-0.1, -0.05) is 18.5 Å². The molecule has 0 bridgehead atoms. The normalized spacial score (nSPS) is 20.1. The predicted molar refractivity (Wildman–Crippen MR) is 108 cm³/mol. The maximum Gasteiger partial charge on any atom is 0.309 e. The zero-order valence-corrected chi connectivity index (χ0v) is 17.4. The number of carbonyl (C=O) groups is 1. The van der Waals surface area contributed by atoms with Gasteiger partial charge in [0.1, 0.15) is 0 Å². The third kappa shape index (κ3) is 3.59. The molecule has 2 aromatic heterocycles. The molecular weight excluding hydrogens is 434 g/mol. The molecule has 1 aliphatic rings. The summed E-state index contributed by atoms with van der Waals surface area (Å²) in [5, 5.41) is 20.4. The van der Waals surface area contributed by atoms with Gasteiger partial charge in [0.25, 0.3) is 15.6 Å². The second-order valence-electron chi connectivity index (χ2n) is 7.25. The predicted octanol–water partition coefficient (Wildman–Crippen LogP) is 1.28. The highest BCUT2D eigenvalue weighted by molar-refractivity contribution is 7.89. The van der Waals surface area contributed by atoms with E-state index in [1.54, 1.807) is 22.9 Å². The monoisotopic (exact) mass is 451 g/mol. The van der Waals surface area contributed by atoms with E-state index in [0.717, 1.165) is 6.07 Å². The first kappa shape index (κ1) is 20.5. The molecule has 0 radical (unpaired) electrons. The summed E-state index contributed by atoms with van der Waals surface area (Å²) < 4.78 is 28.9. The van der Waals surface area contributed by atoms with Crippen molar-refractivity contribution in [2.75, 3.05) is 13.1 Å². The van der Waals surface area contributed by atoms with E-state index in [4.69, 9.17) is 11.6 Å². The van der Waals surface area contributed by atoms with E-state index in [-0.39, 0.29) is 36.5 Å². The SMILES string of the molecule is C[C@@H]1CN(S(=O)(=O)c2ccc(=O)[nH]n2)C[C@@H]1n1nc(CC(=O)O)c2ccc(Cl)cc21. The van der Waals surface area contributed by atoms with E-state index in [9.17, 15) is 23.1 Å². The largest absolute Gasteiger partial charge is 0.481 e. The average molecular weight is 452 g/mol. The molecule has 12 heteroatoms. The molecule has 30 heavy (non-hydrogen) atoms. The number of rotatable bonds is 5. The summed E-state index contributed by atoms with van der Waals surface area (Å²) in [7, 11) is -3.91. The molecule has 0 spiro atoms. The van der Waals surface area contributed by atoms with Gasteiger partial charge in [-0.05, 0) is 30.2 Å². The number of sulfonamides is 1. The summed E-state index contributed by atoms with van der Waals surface area (Å²) in [4.78, 5) is 22.4. The second kappa shape index (κ2) is 7.49. The fraction of sp³-hybridized carbons (Fsp3) is 0.333. The van der Waals surface area contributed by atoms with Crippen LogP contribution in [0.15, 0.2) is 40.2 Å². The molecule has 2 atom stereocenters. The fourth-order valence-electron chi connectivity index (χ4n) is 3.73. The Morgan fingerprint density at radius 2 is 2.07 bits per heavy atom. The van der Waals surface area contributed by atoms with E-state index in [1.807, 2.05) is 6.92 Å². The van der Waals surface area contributed by atoms with Crippen LogP contribution in [0.3, 0.4) is 0 Å². The van der Waals surface area contributed by atoms with Crippen LogP contribution in [-0.4, -0.2) is 56.9 Å². The van der Waals surface area contributed by atoms with Crippen molar-refractivity contribution in [2.24, 2.45) is 5.92 Å². The van der Waals surface area contributed by atoms with Gasteiger partial charge in [0.2, 0.25) is 0 Å². The van der Waals surface area contributed by atoms with Crippen LogP contribution in [0.2, 0.25) is 5.02 Å². The molecule has 10 nitrogen and oxygen atoms in total. The lowest BCUT2D eigenvalue weighted by Gasteiger charge is -2.17. The third-order valence-electron chi connectivity index (χ3n) is 5.18. The van der Waals surface area contributed by atoms with Crippen molar-refractivity contribution in [3.05, 3.63) is 51.4 Å². The first-order chi connectivity index (χ1) is 14.2. The Morgan fingerprint density at radius 3 is 2.73 bits per heavy atom. The number of aromatic nitrogens is 4. The molecule has 2 N–H and O–H groups in total. The lowest BCUT2D eigenvalue weighted by Crippen LogP contribution is -2.31. The number of carboxylic acids is 1. The van der Waals surface area contributed by atoms with Crippen molar-refractivity contribution in [3.8, 4) is 0 Å². The number of H-pyrrole nitrogens is 1. The Kier molecular flexibility index (Phi) is 5.12. The lowest BCUT2D eigenvalue weighted by molar-refractivity contribution is -0.136. The molecule has 0 aliphatic carbocycles. The van der Waals surface area contributed by atoms with E-state index >= 15 is 0 Å². The number of carboxylic acid groups (broad SMARTS) is 1. The van der Waals surface area contributed by atoms with Gasteiger partial charge in [-0.2, -0.15) is 14.5 Å². The summed E-state index contributed by atoms with van der Waals surface area (Å²) in [5.74, 6) is -1.12. The van der Waals surface area contributed by atoms with Crippen LogP contribution in [0.1, 0.15) is 18.7 Å². The van der Waals surface area contributed by atoms with Gasteiger partial charge in [-0.15, -0.1) is 0 Å². The third-order valence-corrected chi connectivity index (χ3v) is 7.14. The van der Waals surface area contributed by atoms with Crippen LogP contribution in [0, 0.1) is 5.92 Å². The van der Waals surface area contributed by atoms with E-state index in [2.05, 4.69) is 15.3 Å². The molecule has 0 unspecified atom stereocenters. The van der Waals surface area contributed by atoms with Crippen molar-refractivity contribution in [1.29, 1.82) is 0 Å². The van der Waals surface area contributed by atoms with Crippen LogP contribution in [0.5, 0.6) is 0 Å². The van der Waals surface area contributed by atoms with Gasteiger partial charge >= 0.3 is 5.97 Å². The molecule has 0 amide bonds. The zero-order chi connectivity index (χ0) is 21.6. The van der Waals surface area contributed by atoms with Crippen LogP contribution < -0.4 is 5.56 Å². The maximum atomic E-state index is 12.9. The summed E-state index contributed by atoms with van der Waals surface area (Å²) in [6, 6.07) is 7.03. The van der Waals surface area contributed by atoms with Crippen molar-refractivity contribution in [3.63, 3.8) is 0 Å². The molecule has 3 heterocycles. The van der Waals surface area contributed by atoms with Gasteiger partial charge in [0.15, 0.2) is 5.03 Å². The van der Waals surface area contributed by atoms with E-state index < -0.39 is 21.6 Å². The van der Waals surface area contributed by atoms with Crippen molar-refractivity contribution in [1.82, 2.24) is 24.3 Å². The van der Waals surface area contributed by atoms with Gasteiger partial charge in [0, 0.05) is 29.6 Å². The van der Waals surface area contributed by atoms with Crippen molar-refractivity contribution in [2.45, 2.75) is 24.4 Å². The van der Waals surface area contributed by atoms with E-state index in [1.165, 1.54) is 10.4 Å². The summed E-state index contributed by atoms with van der Waals surface area (Å²) in [6.07, 6.45) is -0.254. The Hall–Kier alpha value is -2.76. The van der Waals surface area contributed by atoms with Crippen molar-refractivity contribution >= 4 is 38.5 Å². The Morgan fingerprint density at radius 1 is 1.30 bits per heavy atom. The minimum absolute atomic E-state index is 0.109. The Labute approximate surface area is 176 Å². The molecule has 1 saturated heterocycles. The average Bonchev–Trinajstić information content (AvgIpc) is 3.22. The first-order valence-electron chi connectivity index (χ1n) is 9.11. The second-order valence-corrected chi connectivity index (χ2v) is 9.57. The van der Waals surface area contributed by atoms with Crippen LogP contribution >= 0.6 is 11.6 Å². The summed E-state index contributed by atoms with van der Waals surface area (Å²) in [5.41, 5.74) is 0.550. The number of nitrogens with one attached hydrogen (secondary N) is 1. The molecule has 3 aromatic rings.